The van der Waals surface area contributed by atoms with E-state index < -0.39 is 0 Å². The fourth-order valence-corrected chi connectivity index (χ4v) is 4.12. The van der Waals surface area contributed by atoms with E-state index in [1.54, 1.807) is 0 Å². The van der Waals surface area contributed by atoms with Gasteiger partial charge in [-0.05, 0) is 51.6 Å². The molecule has 1 aliphatic rings. The predicted octanol–water partition coefficient (Wildman–Crippen LogP) is 3.65. The molecular formula is C16H34N2. The van der Waals surface area contributed by atoms with Crippen LogP contribution in [0.1, 0.15) is 65.7 Å². The molecule has 1 rings (SSSR count). The summed E-state index contributed by atoms with van der Waals surface area (Å²) >= 11 is 0. The molecule has 0 amide bonds. The molecule has 0 aromatic carbocycles. The van der Waals surface area contributed by atoms with Crippen molar-refractivity contribution in [3.63, 3.8) is 0 Å². The summed E-state index contributed by atoms with van der Waals surface area (Å²) in [4.78, 5) is 2.38. The molecule has 0 spiro atoms. The highest BCUT2D eigenvalue weighted by Gasteiger charge is 2.40. The molecule has 2 heteroatoms. The van der Waals surface area contributed by atoms with Crippen LogP contribution in [0.2, 0.25) is 0 Å². The van der Waals surface area contributed by atoms with Gasteiger partial charge in [-0.3, -0.25) is 0 Å². The Balaban J connectivity index is 2.79. The normalized spacial score (nSPS) is 27.5. The van der Waals surface area contributed by atoms with Gasteiger partial charge in [0.2, 0.25) is 0 Å². The average Bonchev–Trinajstić information content (AvgIpc) is 2.40. The maximum atomic E-state index is 6.72. The lowest BCUT2D eigenvalue weighted by Gasteiger charge is -2.48. The smallest absolute Gasteiger partial charge is 0.0351 e. The maximum Gasteiger partial charge on any atom is 0.0351 e. The molecule has 2 N–H and O–H groups in total. The Morgan fingerprint density at radius 1 is 1.17 bits per heavy atom. The van der Waals surface area contributed by atoms with Crippen molar-refractivity contribution in [2.24, 2.45) is 17.6 Å². The Hall–Kier alpha value is -0.0800. The predicted molar refractivity (Wildman–Crippen MR) is 80.7 cm³/mol. The highest BCUT2D eigenvalue weighted by Crippen LogP contribution is 2.38. The van der Waals surface area contributed by atoms with Crippen LogP contribution in [-0.2, 0) is 0 Å². The molecule has 1 aliphatic carbocycles. The third-order valence-electron chi connectivity index (χ3n) is 5.64. The fourth-order valence-electron chi connectivity index (χ4n) is 4.12. The van der Waals surface area contributed by atoms with E-state index in [1.165, 1.54) is 32.1 Å². The van der Waals surface area contributed by atoms with E-state index in [1.807, 2.05) is 0 Å². The van der Waals surface area contributed by atoms with Crippen LogP contribution in [0.3, 0.4) is 0 Å². The summed E-state index contributed by atoms with van der Waals surface area (Å²) in [5.41, 5.74) is 6.92. The summed E-state index contributed by atoms with van der Waals surface area (Å²) in [6.45, 7) is 6.92. The molecule has 1 saturated carbocycles. The first kappa shape index (κ1) is 16.0. The first-order valence-corrected chi connectivity index (χ1v) is 7.94. The first-order valence-electron chi connectivity index (χ1n) is 7.94. The monoisotopic (exact) mass is 254 g/mol. The van der Waals surface area contributed by atoms with Crippen LogP contribution in [0.25, 0.3) is 0 Å². The van der Waals surface area contributed by atoms with Crippen molar-refractivity contribution in [1.82, 2.24) is 4.90 Å². The highest BCUT2D eigenvalue weighted by molar-refractivity contribution is 4.99. The fraction of sp³-hybridized carbons (Fsp3) is 1.00. The first-order chi connectivity index (χ1) is 8.51. The molecule has 3 atom stereocenters. The molecule has 0 saturated heterocycles. The molecule has 18 heavy (non-hydrogen) atoms. The van der Waals surface area contributed by atoms with Crippen LogP contribution >= 0.6 is 0 Å². The highest BCUT2D eigenvalue weighted by atomic mass is 15.2. The van der Waals surface area contributed by atoms with Gasteiger partial charge in [0.05, 0.1) is 0 Å². The Morgan fingerprint density at radius 3 is 2.22 bits per heavy atom. The zero-order valence-electron chi connectivity index (χ0n) is 13.2. The average molecular weight is 254 g/mol. The topological polar surface area (TPSA) is 29.3 Å². The van der Waals surface area contributed by atoms with Gasteiger partial charge < -0.3 is 10.6 Å². The molecule has 0 heterocycles. The summed E-state index contributed by atoms with van der Waals surface area (Å²) in [5.74, 6) is 1.65. The Morgan fingerprint density at radius 2 is 1.78 bits per heavy atom. The molecule has 3 unspecified atom stereocenters. The Bertz CT molecular complexity index is 233. The number of likely N-dealkylation sites (N-methyl/N-ethyl adjacent to an activating group) is 1. The van der Waals surface area contributed by atoms with Gasteiger partial charge in [-0.25, -0.2) is 0 Å². The van der Waals surface area contributed by atoms with E-state index in [2.05, 4.69) is 39.8 Å². The molecule has 0 aromatic heterocycles. The third-order valence-corrected chi connectivity index (χ3v) is 5.64. The minimum atomic E-state index is 0.195. The van der Waals surface area contributed by atoms with Gasteiger partial charge in [0, 0.05) is 11.6 Å². The van der Waals surface area contributed by atoms with Gasteiger partial charge in [-0.1, -0.05) is 40.0 Å². The molecule has 0 bridgehead atoms. The van der Waals surface area contributed by atoms with E-state index in [0.717, 1.165) is 24.7 Å². The molecule has 1 fully saturated rings. The molecule has 2 nitrogen and oxygen atoms in total. The van der Waals surface area contributed by atoms with Gasteiger partial charge >= 0.3 is 0 Å². The van der Waals surface area contributed by atoms with Crippen molar-refractivity contribution < 1.29 is 0 Å². The zero-order chi connectivity index (χ0) is 13.8. The van der Waals surface area contributed by atoms with Crippen molar-refractivity contribution in [3.8, 4) is 0 Å². The van der Waals surface area contributed by atoms with Crippen LogP contribution in [0.4, 0.5) is 0 Å². The van der Waals surface area contributed by atoms with Crippen molar-refractivity contribution in [1.29, 1.82) is 0 Å². The van der Waals surface area contributed by atoms with Crippen LogP contribution in [0, 0.1) is 11.8 Å². The van der Waals surface area contributed by atoms with Gasteiger partial charge in [-0.2, -0.15) is 0 Å². The SMILES string of the molecule is CCC1CCCC(C(N)C(CC)(CC)N(C)C)C1. The van der Waals surface area contributed by atoms with Gasteiger partial charge in [0.15, 0.2) is 0 Å². The molecule has 0 aromatic rings. The molecule has 0 aliphatic heterocycles. The number of nitrogens with two attached hydrogens (primary N) is 1. The summed E-state index contributed by atoms with van der Waals surface area (Å²) in [6.07, 6.45) is 9.15. The van der Waals surface area contributed by atoms with Crippen LogP contribution in [-0.4, -0.2) is 30.6 Å². The number of hydrogen-bond donors (Lipinski definition) is 1. The second-order valence-corrected chi connectivity index (χ2v) is 6.43. The second kappa shape index (κ2) is 6.91. The number of hydrogen-bond acceptors (Lipinski definition) is 2. The second-order valence-electron chi connectivity index (χ2n) is 6.43. The van der Waals surface area contributed by atoms with Gasteiger partial charge in [0.1, 0.15) is 0 Å². The quantitative estimate of drug-likeness (QED) is 0.784. The lowest BCUT2D eigenvalue weighted by atomic mass is 9.69. The largest absolute Gasteiger partial charge is 0.326 e. The standard InChI is InChI=1S/C16H34N2/c1-6-13-10-9-11-14(12-13)15(17)16(7-2,8-3)18(4)5/h13-15H,6-12,17H2,1-5H3. The molecule has 108 valence electrons. The molecule has 0 radical (unpaired) electrons. The lowest BCUT2D eigenvalue weighted by Crippen LogP contribution is -2.60. The maximum absolute atomic E-state index is 6.72. The van der Waals surface area contributed by atoms with Crippen molar-refractivity contribution in [3.05, 3.63) is 0 Å². The van der Waals surface area contributed by atoms with Crippen LogP contribution in [0.15, 0.2) is 0 Å². The van der Waals surface area contributed by atoms with Crippen LogP contribution < -0.4 is 5.73 Å². The summed E-state index contributed by atoms with van der Waals surface area (Å²) < 4.78 is 0. The number of nitrogens with zero attached hydrogens (tertiary/aromatic N) is 1. The Kier molecular flexibility index (Phi) is 6.13. The summed E-state index contributed by atoms with van der Waals surface area (Å²) in [7, 11) is 4.40. The van der Waals surface area contributed by atoms with E-state index in [9.17, 15) is 0 Å². The number of rotatable bonds is 6. The minimum Gasteiger partial charge on any atom is -0.326 e. The third kappa shape index (κ3) is 3.08. The van der Waals surface area contributed by atoms with Crippen LogP contribution in [0.5, 0.6) is 0 Å². The van der Waals surface area contributed by atoms with Gasteiger partial charge in [-0.15, -0.1) is 0 Å². The van der Waals surface area contributed by atoms with E-state index in [0.29, 0.717) is 6.04 Å². The van der Waals surface area contributed by atoms with E-state index in [4.69, 9.17) is 5.73 Å². The zero-order valence-corrected chi connectivity index (χ0v) is 13.2. The van der Waals surface area contributed by atoms with Crippen molar-refractivity contribution in [2.45, 2.75) is 77.3 Å². The van der Waals surface area contributed by atoms with E-state index >= 15 is 0 Å². The van der Waals surface area contributed by atoms with Gasteiger partial charge in [0.25, 0.3) is 0 Å². The Labute approximate surface area is 114 Å². The lowest BCUT2D eigenvalue weighted by molar-refractivity contribution is 0.0594. The van der Waals surface area contributed by atoms with Crippen molar-refractivity contribution >= 4 is 0 Å². The minimum absolute atomic E-state index is 0.195. The summed E-state index contributed by atoms with van der Waals surface area (Å²) in [6, 6.07) is 0.330. The molecular weight excluding hydrogens is 220 g/mol. The summed E-state index contributed by atoms with van der Waals surface area (Å²) in [5, 5.41) is 0. The van der Waals surface area contributed by atoms with Crippen molar-refractivity contribution in [2.75, 3.05) is 14.1 Å². The van der Waals surface area contributed by atoms with E-state index in [-0.39, 0.29) is 5.54 Å².